The van der Waals surface area contributed by atoms with Gasteiger partial charge >= 0.3 is 0 Å². The Morgan fingerprint density at radius 2 is 1.02 bits per heavy atom. The molecule has 0 radical (unpaired) electrons. The van der Waals surface area contributed by atoms with Crippen LogP contribution in [0.4, 0.5) is 0 Å². The van der Waals surface area contributed by atoms with Crippen LogP contribution in [0.2, 0.25) is 0 Å². The van der Waals surface area contributed by atoms with Crippen LogP contribution in [0.25, 0.3) is 21.8 Å². The quantitative estimate of drug-likeness (QED) is 0.0893. The lowest BCUT2D eigenvalue weighted by Crippen LogP contribution is -2.29. The summed E-state index contributed by atoms with van der Waals surface area (Å²) in [5, 5.41) is 15.1. The molecule has 0 fully saturated rings. The monoisotopic (exact) mass is 672 g/mol. The van der Waals surface area contributed by atoms with E-state index in [1.54, 1.807) is 0 Å². The number of aromatic amines is 2. The molecule has 2 aromatic carbocycles. The van der Waals surface area contributed by atoms with Gasteiger partial charge in [0, 0.05) is 56.2 Å². The third-order valence-electron chi connectivity index (χ3n) is 6.82. The Morgan fingerprint density at radius 3 is 1.48 bits per heavy atom. The minimum Gasteiger partial charge on any atom is -0.361 e. The van der Waals surface area contributed by atoms with E-state index >= 15 is 0 Å². The highest BCUT2D eigenvalue weighted by Gasteiger charge is 2.10. The van der Waals surface area contributed by atoms with Crippen LogP contribution in [-0.2, 0) is 22.4 Å². The Kier molecular flexibility index (Phi) is 12.1. The minimum atomic E-state index is 0.0502. The molecule has 6 N–H and O–H groups in total. The number of benzene rings is 2. The van der Waals surface area contributed by atoms with Gasteiger partial charge in [-0.2, -0.15) is 0 Å². The Hall–Kier alpha value is -2.66. The molecule has 40 heavy (non-hydrogen) atoms. The largest absolute Gasteiger partial charge is 0.361 e. The van der Waals surface area contributed by atoms with Crippen LogP contribution >= 0.6 is 31.9 Å². The molecule has 4 rings (SSSR count). The van der Waals surface area contributed by atoms with Crippen molar-refractivity contribution >= 4 is 65.5 Å². The summed E-state index contributed by atoms with van der Waals surface area (Å²) < 4.78 is 2.02. The van der Waals surface area contributed by atoms with Crippen LogP contribution in [0.15, 0.2) is 57.7 Å². The predicted octanol–water partition coefficient (Wildman–Crippen LogP) is 4.93. The summed E-state index contributed by atoms with van der Waals surface area (Å²) in [6.45, 7) is 5.08. The second kappa shape index (κ2) is 16.0. The van der Waals surface area contributed by atoms with Crippen molar-refractivity contribution in [3.8, 4) is 0 Å². The first-order valence-electron chi connectivity index (χ1n) is 14.0. The first-order valence-corrected chi connectivity index (χ1v) is 15.5. The normalized spacial score (nSPS) is 11.3. The van der Waals surface area contributed by atoms with Gasteiger partial charge in [-0.05, 0) is 99.4 Å². The SMILES string of the molecule is O=C(Cc1c[nH]c2ccc(Br)cc12)NCCCNCCCCNCCCNC(=O)Cc1c[nH]c2ccc(Br)cc12. The highest BCUT2D eigenvalue weighted by molar-refractivity contribution is 9.10. The average molecular weight is 674 g/mol. The van der Waals surface area contributed by atoms with Crippen LogP contribution in [0, 0.1) is 0 Å². The zero-order chi connectivity index (χ0) is 28.2. The van der Waals surface area contributed by atoms with Crippen molar-refractivity contribution in [2.75, 3.05) is 39.3 Å². The molecule has 0 bridgehead atoms. The molecule has 0 saturated heterocycles. The summed E-state index contributed by atoms with van der Waals surface area (Å²) in [6, 6.07) is 12.1. The summed E-state index contributed by atoms with van der Waals surface area (Å²) in [5.41, 5.74) is 4.11. The van der Waals surface area contributed by atoms with Gasteiger partial charge in [-0.3, -0.25) is 9.59 Å². The van der Waals surface area contributed by atoms with E-state index in [9.17, 15) is 9.59 Å². The fourth-order valence-electron chi connectivity index (χ4n) is 4.70. The number of rotatable bonds is 17. The maximum atomic E-state index is 12.3. The summed E-state index contributed by atoms with van der Waals surface area (Å²) in [5.74, 6) is 0.100. The predicted molar refractivity (Wildman–Crippen MR) is 170 cm³/mol. The molecule has 0 atom stereocenters. The van der Waals surface area contributed by atoms with Crippen LogP contribution in [0.5, 0.6) is 0 Å². The van der Waals surface area contributed by atoms with E-state index in [1.807, 2.05) is 48.8 Å². The standard InChI is InChI=1S/C30H38Br2N6O2/c31-23-5-7-27-25(17-23)21(19-37-27)15-29(39)35-13-3-11-33-9-1-2-10-34-12-4-14-36-30(40)16-22-20-38-28-8-6-24(32)18-26(22)28/h5-8,17-20,33-34,37-38H,1-4,9-16H2,(H,35,39)(H,36,40). The number of halogens is 2. The molecule has 0 aliphatic rings. The number of carbonyl (C=O) groups is 2. The van der Waals surface area contributed by atoms with E-state index in [2.05, 4.69) is 63.1 Å². The Labute approximate surface area is 252 Å². The number of fused-ring (bicyclic) bond motifs is 2. The van der Waals surface area contributed by atoms with Crippen LogP contribution in [0.1, 0.15) is 36.8 Å². The first-order chi connectivity index (χ1) is 19.5. The smallest absolute Gasteiger partial charge is 0.224 e. The van der Waals surface area contributed by atoms with E-state index in [1.165, 1.54) is 0 Å². The van der Waals surface area contributed by atoms with Crippen molar-refractivity contribution in [3.05, 3.63) is 68.9 Å². The topological polar surface area (TPSA) is 114 Å². The van der Waals surface area contributed by atoms with Crippen molar-refractivity contribution in [2.45, 2.75) is 38.5 Å². The molecule has 0 unspecified atom stereocenters. The van der Waals surface area contributed by atoms with Gasteiger partial charge in [0.1, 0.15) is 0 Å². The van der Waals surface area contributed by atoms with Crippen molar-refractivity contribution < 1.29 is 9.59 Å². The number of carbonyl (C=O) groups excluding carboxylic acids is 2. The first kappa shape index (κ1) is 30.3. The zero-order valence-electron chi connectivity index (χ0n) is 22.7. The Morgan fingerprint density at radius 1 is 0.600 bits per heavy atom. The van der Waals surface area contributed by atoms with E-state index in [0.717, 1.165) is 93.7 Å². The van der Waals surface area contributed by atoms with Gasteiger partial charge in [-0.25, -0.2) is 0 Å². The van der Waals surface area contributed by atoms with Crippen LogP contribution in [-0.4, -0.2) is 61.1 Å². The number of amides is 2. The molecular weight excluding hydrogens is 636 g/mol. The van der Waals surface area contributed by atoms with E-state index in [0.29, 0.717) is 25.9 Å². The molecule has 0 saturated carbocycles. The Bertz CT molecular complexity index is 1290. The lowest BCUT2D eigenvalue weighted by atomic mass is 10.1. The summed E-state index contributed by atoms with van der Waals surface area (Å²) in [6.07, 6.45) is 8.62. The van der Waals surface area contributed by atoms with E-state index < -0.39 is 0 Å². The van der Waals surface area contributed by atoms with Gasteiger partial charge in [-0.15, -0.1) is 0 Å². The second-order valence-electron chi connectivity index (χ2n) is 9.98. The molecule has 8 nitrogen and oxygen atoms in total. The third-order valence-corrected chi connectivity index (χ3v) is 7.81. The van der Waals surface area contributed by atoms with Gasteiger partial charge < -0.3 is 31.2 Å². The third kappa shape index (κ3) is 9.47. The molecule has 214 valence electrons. The average Bonchev–Trinajstić information content (AvgIpc) is 3.52. The van der Waals surface area contributed by atoms with Gasteiger partial charge in [0.05, 0.1) is 12.8 Å². The molecule has 0 aliphatic heterocycles. The number of H-pyrrole nitrogens is 2. The molecule has 0 spiro atoms. The molecule has 0 aliphatic carbocycles. The van der Waals surface area contributed by atoms with Gasteiger partial charge in [0.25, 0.3) is 0 Å². The molecule has 4 aromatic rings. The van der Waals surface area contributed by atoms with Crippen molar-refractivity contribution in [1.82, 2.24) is 31.2 Å². The number of unbranched alkanes of at least 4 members (excludes halogenated alkanes) is 1. The van der Waals surface area contributed by atoms with Crippen molar-refractivity contribution in [2.24, 2.45) is 0 Å². The summed E-state index contributed by atoms with van der Waals surface area (Å²) in [4.78, 5) is 31.1. The summed E-state index contributed by atoms with van der Waals surface area (Å²) >= 11 is 6.99. The van der Waals surface area contributed by atoms with E-state index in [-0.39, 0.29) is 11.8 Å². The molecule has 2 amide bonds. The maximum Gasteiger partial charge on any atom is 0.224 e. The number of nitrogens with one attached hydrogen (secondary N) is 6. The maximum absolute atomic E-state index is 12.3. The van der Waals surface area contributed by atoms with Gasteiger partial charge in [0.2, 0.25) is 11.8 Å². The molecule has 2 aromatic heterocycles. The zero-order valence-corrected chi connectivity index (χ0v) is 25.8. The fourth-order valence-corrected chi connectivity index (χ4v) is 5.42. The summed E-state index contributed by atoms with van der Waals surface area (Å²) in [7, 11) is 0. The lowest BCUT2D eigenvalue weighted by Gasteiger charge is -2.08. The molecule has 10 heteroatoms. The van der Waals surface area contributed by atoms with Crippen LogP contribution < -0.4 is 21.3 Å². The second-order valence-corrected chi connectivity index (χ2v) is 11.8. The highest BCUT2D eigenvalue weighted by atomic mass is 79.9. The number of hydrogen-bond donors (Lipinski definition) is 6. The Balaban J connectivity index is 0.937. The molecule has 2 heterocycles. The number of aromatic nitrogens is 2. The highest BCUT2D eigenvalue weighted by Crippen LogP contribution is 2.24. The minimum absolute atomic E-state index is 0.0502. The van der Waals surface area contributed by atoms with Crippen molar-refractivity contribution in [3.63, 3.8) is 0 Å². The van der Waals surface area contributed by atoms with Crippen LogP contribution in [0.3, 0.4) is 0 Å². The molecular formula is C30H38Br2N6O2. The van der Waals surface area contributed by atoms with Gasteiger partial charge in [0.15, 0.2) is 0 Å². The fraction of sp³-hybridized carbons (Fsp3) is 0.400. The van der Waals surface area contributed by atoms with E-state index in [4.69, 9.17) is 0 Å². The lowest BCUT2D eigenvalue weighted by molar-refractivity contribution is -0.121. The van der Waals surface area contributed by atoms with Crippen molar-refractivity contribution in [1.29, 1.82) is 0 Å². The van der Waals surface area contributed by atoms with Gasteiger partial charge in [-0.1, -0.05) is 31.9 Å². The number of hydrogen-bond acceptors (Lipinski definition) is 4.